The van der Waals surface area contributed by atoms with Crippen LogP contribution in [0.25, 0.3) is 0 Å². The van der Waals surface area contributed by atoms with Crippen molar-refractivity contribution in [1.82, 2.24) is 10.2 Å². The molecule has 2 unspecified atom stereocenters. The largest absolute Gasteiger partial charge is 0.493 e. The molecule has 0 aromatic heterocycles. The molecule has 0 aliphatic carbocycles. The standard InChI is InChI=1S/C27H33N5O2/c1-2-31-25-18-22(34-17-5-15-30-13-3-4-14-30)10-11-23(25)24(19-28)26(31)20-6-8-21(9-7-20)32-16-12-29-27(32)33/h6-11,18,24,26H,2-5,12-17H2,1H3,(H,29,33). The summed E-state index contributed by atoms with van der Waals surface area (Å²) >= 11 is 0. The van der Waals surface area contributed by atoms with Crippen molar-refractivity contribution >= 4 is 17.4 Å². The highest BCUT2D eigenvalue weighted by molar-refractivity contribution is 5.94. The molecule has 2 fully saturated rings. The summed E-state index contributed by atoms with van der Waals surface area (Å²) in [5, 5.41) is 12.9. The molecule has 2 amide bonds. The molecule has 178 valence electrons. The predicted octanol–water partition coefficient (Wildman–Crippen LogP) is 4.27. The molecule has 7 nitrogen and oxygen atoms in total. The summed E-state index contributed by atoms with van der Waals surface area (Å²) in [5.41, 5.74) is 4.11. The van der Waals surface area contributed by atoms with Gasteiger partial charge in [-0.15, -0.1) is 0 Å². The average Bonchev–Trinajstić information content (AvgIpc) is 3.60. The second kappa shape index (κ2) is 9.94. The number of hydrogen-bond acceptors (Lipinski definition) is 5. The first-order valence-electron chi connectivity index (χ1n) is 12.5. The smallest absolute Gasteiger partial charge is 0.321 e. The van der Waals surface area contributed by atoms with Gasteiger partial charge in [0.25, 0.3) is 0 Å². The van der Waals surface area contributed by atoms with E-state index >= 15 is 0 Å². The maximum Gasteiger partial charge on any atom is 0.321 e. The van der Waals surface area contributed by atoms with Crippen LogP contribution in [0.2, 0.25) is 0 Å². The first kappa shape index (κ1) is 22.5. The molecule has 2 aromatic carbocycles. The number of fused-ring (bicyclic) bond motifs is 1. The first-order valence-corrected chi connectivity index (χ1v) is 12.5. The molecule has 3 heterocycles. The van der Waals surface area contributed by atoms with Crippen molar-refractivity contribution in [2.45, 2.75) is 38.1 Å². The number of amides is 2. The second-order valence-electron chi connectivity index (χ2n) is 9.28. The molecule has 3 aliphatic heterocycles. The molecule has 1 N–H and O–H groups in total. The zero-order valence-electron chi connectivity index (χ0n) is 19.9. The lowest BCUT2D eigenvalue weighted by Crippen LogP contribution is -2.28. The number of urea groups is 1. The minimum absolute atomic E-state index is 0.0564. The lowest BCUT2D eigenvalue weighted by atomic mass is 9.91. The van der Waals surface area contributed by atoms with E-state index in [1.807, 2.05) is 18.2 Å². The van der Waals surface area contributed by atoms with E-state index in [0.717, 1.165) is 47.8 Å². The zero-order valence-corrected chi connectivity index (χ0v) is 19.9. The number of rotatable bonds is 8. The highest BCUT2D eigenvalue weighted by atomic mass is 16.5. The molecular formula is C27H33N5O2. The number of likely N-dealkylation sites (N-methyl/N-ethyl adjacent to an activating group) is 1. The lowest BCUT2D eigenvalue weighted by molar-refractivity contribution is 0.252. The zero-order chi connectivity index (χ0) is 23.5. The molecule has 34 heavy (non-hydrogen) atoms. The topological polar surface area (TPSA) is 71.8 Å². The van der Waals surface area contributed by atoms with E-state index in [1.54, 1.807) is 4.90 Å². The van der Waals surface area contributed by atoms with Crippen LogP contribution in [0.3, 0.4) is 0 Å². The normalized spacial score (nSPS) is 22.1. The lowest BCUT2D eigenvalue weighted by Gasteiger charge is -2.28. The number of hydrogen-bond donors (Lipinski definition) is 1. The Morgan fingerprint density at radius 1 is 1.12 bits per heavy atom. The van der Waals surface area contributed by atoms with Gasteiger partial charge in [0, 0.05) is 43.6 Å². The Bertz CT molecular complexity index is 1060. The van der Waals surface area contributed by atoms with Crippen molar-refractivity contribution in [2.75, 3.05) is 55.7 Å². The van der Waals surface area contributed by atoms with Crippen LogP contribution >= 0.6 is 0 Å². The molecule has 0 spiro atoms. The van der Waals surface area contributed by atoms with Gasteiger partial charge in [-0.05, 0) is 68.6 Å². The van der Waals surface area contributed by atoms with Crippen molar-refractivity contribution in [1.29, 1.82) is 5.26 Å². The monoisotopic (exact) mass is 459 g/mol. The third-order valence-corrected chi connectivity index (χ3v) is 7.27. The van der Waals surface area contributed by atoms with E-state index in [0.29, 0.717) is 19.7 Å². The fraction of sp³-hybridized carbons (Fsp3) is 0.481. The van der Waals surface area contributed by atoms with Crippen LogP contribution in [0.1, 0.15) is 49.3 Å². The van der Waals surface area contributed by atoms with Crippen molar-refractivity contribution in [3.8, 4) is 11.8 Å². The van der Waals surface area contributed by atoms with Gasteiger partial charge in [-0.1, -0.05) is 18.2 Å². The molecule has 2 aromatic rings. The van der Waals surface area contributed by atoms with Crippen LogP contribution in [0, 0.1) is 11.3 Å². The molecule has 5 rings (SSSR count). The van der Waals surface area contributed by atoms with Crippen LogP contribution < -0.4 is 19.9 Å². The highest BCUT2D eigenvalue weighted by Crippen LogP contribution is 2.49. The van der Waals surface area contributed by atoms with Crippen molar-refractivity contribution in [3.63, 3.8) is 0 Å². The number of likely N-dealkylation sites (tertiary alicyclic amines) is 1. The van der Waals surface area contributed by atoms with Crippen LogP contribution in [0.5, 0.6) is 5.75 Å². The van der Waals surface area contributed by atoms with Crippen molar-refractivity contribution in [2.24, 2.45) is 0 Å². The van der Waals surface area contributed by atoms with Crippen LogP contribution in [0.4, 0.5) is 16.2 Å². The van der Waals surface area contributed by atoms with E-state index < -0.39 is 0 Å². The molecule has 3 aliphatic rings. The number of anilines is 2. The van der Waals surface area contributed by atoms with E-state index in [2.05, 4.69) is 52.4 Å². The Kier molecular flexibility index (Phi) is 6.59. The molecule has 0 bridgehead atoms. The summed E-state index contributed by atoms with van der Waals surface area (Å²) < 4.78 is 6.10. The summed E-state index contributed by atoms with van der Waals surface area (Å²) in [6.07, 6.45) is 3.66. The van der Waals surface area contributed by atoms with Gasteiger partial charge in [0.1, 0.15) is 5.75 Å². The minimum atomic E-state index is -0.250. The SMILES string of the molecule is CCN1c2cc(OCCCN3CCCC3)ccc2C(C#N)C1c1ccc(N2CCNC2=O)cc1. The Hall–Kier alpha value is -3.24. The van der Waals surface area contributed by atoms with Gasteiger partial charge in [0.05, 0.1) is 24.6 Å². The van der Waals surface area contributed by atoms with Crippen molar-refractivity contribution < 1.29 is 9.53 Å². The Morgan fingerprint density at radius 3 is 2.59 bits per heavy atom. The van der Waals surface area contributed by atoms with Crippen LogP contribution in [-0.4, -0.2) is 56.8 Å². The number of nitrogens with zero attached hydrogens (tertiary/aromatic N) is 4. The third-order valence-electron chi connectivity index (χ3n) is 7.27. The molecule has 2 atom stereocenters. The molecule has 7 heteroatoms. The van der Waals surface area contributed by atoms with Crippen molar-refractivity contribution in [3.05, 3.63) is 53.6 Å². The molecule has 0 radical (unpaired) electrons. The fourth-order valence-corrected chi connectivity index (χ4v) is 5.56. The number of nitrogens with one attached hydrogen (secondary N) is 1. The summed E-state index contributed by atoms with van der Waals surface area (Å²) in [7, 11) is 0. The van der Waals surface area contributed by atoms with Crippen LogP contribution in [0.15, 0.2) is 42.5 Å². The Balaban J connectivity index is 1.31. The molecular weight excluding hydrogens is 426 g/mol. The molecule has 2 saturated heterocycles. The maximum absolute atomic E-state index is 12.0. The number of carbonyl (C=O) groups excluding carboxylic acids is 1. The van der Waals surface area contributed by atoms with Gasteiger partial charge in [0.15, 0.2) is 0 Å². The van der Waals surface area contributed by atoms with Gasteiger partial charge < -0.3 is 19.9 Å². The summed E-state index contributed by atoms with van der Waals surface area (Å²) in [4.78, 5) is 18.6. The van der Waals surface area contributed by atoms with E-state index in [-0.39, 0.29) is 18.0 Å². The van der Waals surface area contributed by atoms with Gasteiger partial charge in [-0.3, -0.25) is 4.90 Å². The quantitative estimate of drug-likeness (QED) is 0.597. The number of ether oxygens (including phenoxy) is 1. The first-order chi connectivity index (χ1) is 16.7. The average molecular weight is 460 g/mol. The number of nitriles is 1. The van der Waals surface area contributed by atoms with Gasteiger partial charge in [-0.2, -0.15) is 5.26 Å². The number of carbonyl (C=O) groups is 1. The second-order valence-corrected chi connectivity index (χ2v) is 9.28. The van der Waals surface area contributed by atoms with Gasteiger partial charge in [-0.25, -0.2) is 4.79 Å². The number of benzene rings is 2. The van der Waals surface area contributed by atoms with E-state index in [9.17, 15) is 10.1 Å². The molecule has 0 saturated carbocycles. The highest BCUT2D eigenvalue weighted by Gasteiger charge is 2.39. The fourth-order valence-electron chi connectivity index (χ4n) is 5.56. The van der Waals surface area contributed by atoms with Gasteiger partial charge in [0.2, 0.25) is 0 Å². The Labute approximate surface area is 201 Å². The summed E-state index contributed by atoms with van der Waals surface area (Å²) in [6, 6.07) is 16.7. The van der Waals surface area contributed by atoms with Crippen LogP contribution in [-0.2, 0) is 0 Å². The summed E-state index contributed by atoms with van der Waals surface area (Å²) in [5.74, 6) is 0.617. The predicted molar refractivity (Wildman–Crippen MR) is 134 cm³/mol. The third kappa shape index (κ3) is 4.30. The van der Waals surface area contributed by atoms with E-state index in [4.69, 9.17) is 4.74 Å². The summed E-state index contributed by atoms with van der Waals surface area (Å²) in [6.45, 7) is 8.50. The van der Waals surface area contributed by atoms with Gasteiger partial charge >= 0.3 is 6.03 Å². The van der Waals surface area contributed by atoms with E-state index in [1.165, 1.54) is 25.9 Å². The Morgan fingerprint density at radius 2 is 1.91 bits per heavy atom. The minimum Gasteiger partial charge on any atom is -0.493 e. The maximum atomic E-state index is 12.0.